The Hall–Kier alpha value is -1.55. The molecule has 0 spiro atoms. The molecule has 1 saturated heterocycles. The van der Waals surface area contributed by atoms with Crippen LogP contribution in [-0.4, -0.2) is 55.5 Å². The molecule has 1 aromatic rings. The largest absolute Gasteiger partial charge is 0.385 e. The molecular formula is C17H25N3O. The Morgan fingerprint density at radius 3 is 2.90 bits per heavy atom. The molecule has 1 unspecified atom stereocenters. The van der Waals surface area contributed by atoms with Gasteiger partial charge in [-0.2, -0.15) is 0 Å². The number of benzene rings is 1. The Morgan fingerprint density at radius 1 is 1.33 bits per heavy atom. The second-order valence-corrected chi connectivity index (χ2v) is 6.16. The molecule has 1 atom stereocenters. The lowest BCUT2D eigenvalue weighted by Crippen LogP contribution is -2.39. The lowest BCUT2D eigenvalue weighted by Gasteiger charge is -2.30. The predicted octanol–water partition coefficient (Wildman–Crippen LogP) is 2.14. The first kappa shape index (κ1) is 14.4. The van der Waals surface area contributed by atoms with Crippen LogP contribution < -0.4 is 5.32 Å². The third-order valence-electron chi connectivity index (χ3n) is 4.71. The van der Waals surface area contributed by atoms with Crippen LogP contribution >= 0.6 is 0 Å². The van der Waals surface area contributed by atoms with Crippen molar-refractivity contribution in [1.82, 2.24) is 9.80 Å². The van der Waals surface area contributed by atoms with Crippen molar-refractivity contribution in [2.24, 2.45) is 0 Å². The van der Waals surface area contributed by atoms with E-state index >= 15 is 0 Å². The molecule has 0 aromatic heterocycles. The van der Waals surface area contributed by atoms with Gasteiger partial charge in [-0.15, -0.1) is 0 Å². The van der Waals surface area contributed by atoms with Gasteiger partial charge in [-0.05, 0) is 44.0 Å². The number of carbonyl (C=O) groups excluding carboxylic acids is 1. The molecule has 0 saturated carbocycles. The highest BCUT2D eigenvalue weighted by atomic mass is 16.2. The monoisotopic (exact) mass is 287 g/mol. The van der Waals surface area contributed by atoms with Gasteiger partial charge >= 0.3 is 0 Å². The number of hydrogen-bond donors (Lipinski definition) is 1. The van der Waals surface area contributed by atoms with Gasteiger partial charge < -0.3 is 15.1 Å². The van der Waals surface area contributed by atoms with Crippen LogP contribution in [0.3, 0.4) is 0 Å². The average molecular weight is 287 g/mol. The first-order valence-corrected chi connectivity index (χ1v) is 8.06. The van der Waals surface area contributed by atoms with E-state index in [0.717, 1.165) is 37.3 Å². The molecule has 2 aliphatic rings. The van der Waals surface area contributed by atoms with E-state index in [1.165, 1.54) is 25.9 Å². The predicted molar refractivity (Wildman–Crippen MR) is 85.6 cm³/mol. The number of likely N-dealkylation sites (N-methyl/N-ethyl adjacent to an activating group) is 1. The van der Waals surface area contributed by atoms with Crippen LogP contribution in [0.5, 0.6) is 0 Å². The number of amides is 1. The molecule has 0 aliphatic carbocycles. The molecule has 1 amide bonds. The zero-order valence-electron chi connectivity index (χ0n) is 12.8. The quantitative estimate of drug-likeness (QED) is 0.921. The molecule has 4 heteroatoms. The van der Waals surface area contributed by atoms with Gasteiger partial charge in [-0.1, -0.05) is 18.2 Å². The van der Waals surface area contributed by atoms with Crippen molar-refractivity contribution in [2.45, 2.75) is 25.2 Å². The SMILES string of the molecule is CN(CCN1CCCC1)C(=O)C1CCNc2ccccc21. The molecule has 4 nitrogen and oxygen atoms in total. The van der Waals surface area contributed by atoms with Gasteiger partial charge in [0.15, 0.2) is 0 Å². The van der Waals surface area contributed by atoms with Gasteiger partial charge in [-0.3, -0.25) is 4.79 Å². The molecule has 1 aromatic carbocycles. The van der Waals surface area contributed by atoms with E-state index in [2.05, 4.69) is 22.3 Å². The van der Waals surface area contributed by atoms with Crippen molar-refractivity contribution in [2.75, 3.05) is 45.1 Å². The average Bonchev–Trinajstić information content (AvgIpc) is 3.05. The van der Waals surface area contributed by atoms with Crippen molar-refractivity contribution in [1.29, 1.82) is 0 Å². The van der Waals surface area contributed by atoms with Crippen molar-refractivity contribution in [3.63, 3.8) is 0 Å². The summed E-state index contributed by atoms with van der Waals surface area (Å²) in [5.41, 5.74) is 2.27. The van der Waals surface area contributed by atoms with Crippen LogP contribution in [0.1, 0.15) is 30.7 Å². The summed E-state index contributed by atoms with van der Waals surface area (Å²) in [6.45, 7) is 5.11. The van der Waals surface area contributed by atoms with Gasteiger partial charge in [0.25, 0.3) is 0 Å². The molecular weight excluding hydrogens is 262 g/mol. The summed E-state index contributed by atoms with van der Waals surface area (Å²) in [7, 11) is 1.95. The topological polar surface area (TPSA) is 35.6 Å². The Bertz CT molecular complexity index is 497. The Morgan fingerprint density at radius 2 is 2.10 bits per heavy atom. The van der Waals surface area contributed by atoms with Gasteiger partial charge in [-0.25, -0.2) is 0 Å². The molecule has 21 heavy (non-hydrogen) atoms. The van der Waals surface area contributed by atoms with Crippen molar-refractivity contribution >= 4 is 11.6 Å². The fourth-order valence-electron chi connectivity index (χ4n) is 3.40. The lowest BCUT2D eigenvalue weighted by molar-refractivity contribution is -0.131. The minimum absolute atomic E-state index is 0.0195. The van der Waals surface area contributed by atoms with E-state index in [9.17, 15) is 4.79 Å². The number of fused-ring (bicyclic) bond motifs is 1. The van der Waals surface area contributed by atoms with Crippen LogP contribution in [0, 0.1) is 0 Å². The van der Waals surface area contributed by atoms with Gasteiger partial charge in [0.05, 0.1) is 5.92 Å². The summed E-state index contributed by atoms with van der Waals surface area (Å²) >= 11 is 0. The van der Waals surface area contributed by atoms with Crippen molar-refractivity contribution < 1.29 is 4.79 Å². The minimum atomic E-state index is 0.0195. The maximum absolute atomic E-state index is 12.7. The zero-order valence-corrected chi connectivity index (χ0v) is 12.8. The second-order valence-electron chi connectivity index (χ2n) is 6.16. The summed E-state index contributed by atoms with van der Waals surface area (Å²) in [6.07, 6.45) is 3.50. The van der Waals surface area contributed by atoms with Gasteiger partial charge in [0, 0.05) is 32.4 Å². The number of anilines is 1. The van der Waals surface area contributed by atoms with Crippen LogP contribution in [0.2, 0.25) is 0 Å². The highest BCUT2D eigenvalue weighted by molar-refractivity contribution is 5.86. The molecule has 2 aliphatic heterocycles. The van der Waals surface area contributed by atoms with Crippen LogP contribution in [0.25, 0.3) is 0 Å². The van der Waals surface area contributed by atoms with E-state index in [1.807, 2.05) is 24.1 Å². The van der Waals surface area contributed by atoms with E-state index in [4.69, 9.17) is 0 Å². The fraction of sp³-hybridized carbons (Fsp3) is 0.588. The van der Waals surface area contributed by atoms with E-state index in [1.54, 1.807) is 0 Å². The van der Waals surface area contributed by atoms with E-state index in [0.29, 0.717) is 0 Å². The molecule has 114 valence electrons. The van der Waals surface area contributed by atoms with Crippen LogP contribution in [-0.2, 0) is 4.79 Å². The third kappa shape index (κ3) is 3.21. The number of likely N-dealkylation sites (tertiary alicyclic amines) is 1. The maximum atomic E-state index is 12.7. The molecule has 1 fully saturated rings. The summed E-state index contributed by atoms with van der Waals surface area (Å²) in [4.78, 5) is 17.1. The highest BCUT2D eigenvalue weighted by Crippen LogP contribution is 2.32. The lowest BCUT2D eigenvalue weighted by atomic mass is 9.90. The first-order chi connectivity index (χ1) is 10.3. The Balaban J connectivity index is 1.62. The molecule has 2 heterocycles. The summed E-state index contributed by atoms with van der Waals surface area (Å²) in [6, 6.07) is 8.20. The second kappa shape index (κ2) is 6.48. The maximum Gasteiger partial charge on any atom is 0.230 e. The number of nitrogens with one attached hydrogen (secondary N) is 1. The summed E-state index contributed by atoms with van der Waals surface area (Å²) in [5.74, 6) is 0.286. The number of nitrogens with zero attached hydrogens (tertiary/aromatic N) is 2. The number of hydrogen-bond acceptors (Lipinski definition) is 3. The zero-order chi connectivity index (χ0) is 14.7. The molecule has 0 radical (unpaired) electrons. The van der Waals surface area contributed by atoms with Gasteiger partial charge in [0.2, 0.25) is 5.91 Å². The van der Waals surface area contributed by atoms with E-state index in [-0.39, 0.29) is 11.8 Å². The van der Waals surface area contributed by atoms with Crippen LogP contribution in [0.15, 0.2) is 24.3 Å². The number of rotatable bonds is 4. The summed E-state index contributed by atoms with van der Waals surface area (Å²) < 4.78 is 0. The third-order valence-corrected chi connectivity index (χ3v) is 4.71. The smallest absolute Gasteiger partial charge is 0.230 e. The van der Waals surface area contributed by atoms with Crippen molar-refractivity contribution in [3.05, 3.63) is 29.8 Å². The van der Waals surface area contributed by atoms with Gasteiger partial charge in [0.1, 0.15) is 0 Å². The molecule has 1 N–H and O–H groups in total. The standard InChI is InChI=1S/C17H25N3O/c1-19(12-13-20-10-4-5-11-20)17(21)15-8-9-18-16-7-3-2-6-14(15)16/h2-3,6-7,15,18H,4-5,8-13H2,1H3. The molecule has 3 rings (SSSR count). The normalized spacial score (nSPS) is 21.7. The van der Waals surface area contributed by atoms with Crippen LogP contribution in [0.4, 0.5) is 5.69 Å². The minimum Gasteiger partial charge on any atom is -0.385 e. The Labute approximate surface area is 127 Å². The van der Waals surface area contributed by atoms with Crippen molar-refractivity contribution in [3.8, 4) is 0 Å². The van der Waals surface area contributed by atoms with E-state index < -0.39 is 0 Å². The number of para-hydroxylation sites is 1. The highest BCUT2D eigenvalue weighted by Gasteiger charge is 2.28. The number of carbonyl (C=O) groups is 1. The fourth-order valence-corrected chi connectivity index (χ4v) is 3.40. The molecule has 0 bridgehead atoms. The summed E-state index contributed by atoms with van der Waals surface area (Å²) in [5, 5.41) is 3.38. The first-order valence-electron chi connectivity index (χ1n) is 8.06. The Kier molecular flexibility index (Phi) is 4.44.